The van der Waals surface area contributed by atoms with Gasteiger partial charge in [-0.3, -0.25) is 0 Å². The topological polar surface area (TPSA) is 16.4 Å². The highest BCUT2D eigenvalue weighted by molar-refractivity contribution is 6.15. The van der Waals surface area contributed by atoms with Crippen LogP contribution in [0.4, 0.5) is 5.69 Å². The Kier molecular flexibility index (Phi) is 7.08. The van der Waals surface area contributed by atoms with Crippen LogP contribution in [-0.2, 0) is 0 Å². The molecule has 0 saturated carbocycles. The van der Waals surface area contributed by atoms with E-state index in [1.54, 1.807) is 0 Å². The lowest BCUT2D eigenvalue weighted by Crippen LogP contribution is -2.38. The summed E-state index contributed by atoms with van der Waals surface area (Å²) >= 11 is 0. The maximum atomic E-state index is 6.96. The lowest BCUT2D eigenvalue weighted by Gasteiger charge is -2.43. The van der Waals surface area contributed by atoms with Gasteiger partial charge in [0.25, 0.3) is 0 Å². The summed E-state index contributed by atoms with van der Waals surface area (Å²) in [6, 6.07) is 39.5. The van der Waals surface area contributed by atoms with Crippen LogP contribution in [0.1, 0.15) is 37.7 Å². The van der Waals surface area contributed by atoms with Gasteiger partial charge in [-0.15, -0.1) is 0 Å². The van der Waals surface area contributed by atoms with E-state index in [0.29, 0.717) is 11.8 Å². The SMILES string of the molecule is C1=CC2=CC(N(c3cccc4c3oc3cccc(-c5ccccc5)c34)C3C=C(c4cccc5ccccc45)C=CC3)=C3C=CCCC3C2CC1. The van der Waals surface area contributed by atoms with Gasteiger partial charge < -0.3 is 9.32 Å². The third kappa shape index (κ3) is 4.77. The van der Waals surface area contributed by atoms with Crippen LogP contribution in [0.15, 0.2) is 179 Å². The van der Waals surface area contributed by atoms with Crippen LogP contribution in [0.3, 0.4) is 0 Å². The Hall–Kier alpha value is -5.60. The fraction of sp³-hybridized carbons (Fsp3) is 0.167. The summed E-state index contributed by atoms with van der Waals surface area (Å²) in [5.41, 5.74) is 12.2. The van der Waals surface area contributed by atoms with E-state index in [2.05, 4.69) is 163 Å². The third-order valence-electron chi connectivity index (χ3n) is 11.4. The van der Waals surface area contributed by atoms with Crippen molar-refractivity contribution in [3.8, 4) is 11.1 Å². The zero-order valence-corrected chi connectivity index (χ0v) is 28.1. The summed E-state index contributed by atoms with van der Waals surface area (Å²) in [4.78, 5) is 2.63. The number of hydrogen-bond donors (Lipinski definition) is 0. The van der Waals surface area contributed by atoms with Crippen LogP contribution in [0.5, 0.6) is 0 Å². The predicted molar refractivity (Wildman–Crippen MR) is 210 cm³/mol. The predicted octanol–water partition coefficient (Wildman–Crippen LogP) is 12.8. The number of anilines is 1. The van der Waals surface area contributed by atoms with Gasteiger partial charge in [0.2, 0.25) is 0 Å². The standard InChI is InChI=1S/C48H39NO/c1-2-14-33(15-3-1)40-26-13-29-46-47(40)43-27-12-28-44(48(43)50-46)49(45-31-35-17-5-7-22-39(35)41-23-8-9-24-42(41)45)36-20-10-19-34(30-36)38-25-11-18-32-16-4-6-21-37(32)38/h1-6,9-19,21,24-31,36,39,41H,7-8,20,22-23H2. The first-order valence-electron chi connectivity index (χ1n) is 18.3. The fourth-order valence-electron chi connectivity index (χ4n) is 9.15. The van der Waals surface area contributed by atoms with Crippen molar-refractivity contribution in [1.29, 1.82) is 0 Å². The van der Waals surface area contributed by atoms with Gasteiger partial charge in [-0.25, -0.2) is 0 Å². The number of rotatable bonds is 5. The summed E-state index contributed by atoms with van der Waals surface area (Å²) in [6.45, 7) is 0. The molecule has 0 N–H and O–H groups in total. The summed E-state index contributed by atoms with van der Waals surface area (Å²) in [7, 11) is 0. The molecule has 3 atom stereocenters. The second-order valence-corrected chi connectivity index (χ2v) is 14.2. The van der Waals surface area contributed by atoms with Crippen molar-refractivity contribution in [2.24, 2.45) is 11.8 Å². The first kappa shape index (κ1) is 29.3. The van der Waals surface area contributed by atoms with Gasteiger partial charge in [0.15, 0.2) is 5.58 Å². The number of fused-ring (bicyclic) bond motifs is 7. The molecule has 0 fully saturated rings. The van der Waals surface area contributed by atoms with Gasteiger partial charge >= 0.3 is 0 Å². The largest absolute Gasteiger partial charge is 0.454 e. The molecule has 0 amide bonds. The van der Waals surface area contributed by atoms with Crippen LogP contribution >= 0.6 is 0 Å². The smallest absolute Gasteiger partial charge is 0.159 e. The van der Waals surface area contributed by atoms with Gasteiger partial charge in [0, 0.05) is 16.5 Å². The first-order valence-corrected chi connectivity index (χ1v) is 18.3. The molecule has 10 rings (SSSR count). The fourth-order valence-corrected chi connectivity index (χ4v) is 9.15. The minimum Gasteiger partial charge on any atom is -0.454 e. The Morgan fingerprint density at radius 2 is 1.38 bits per heavy atom. The Morgan fingerprint density at radius 1 is 0.620 bits per heavy atom. The average Bonchev–Trinajstić information content (AvgIpc) is 3.58. The molecule has 2 nitrogen and oxygen atoms in total. The van der Waals surface area contributed by atoms with Crippen molar-refractivity contribution >= 4 is 44.0 Å². The Morgan fingerprint density at radius 3 is 2.32 bits per heavy atom. The Bertz CT molecular complexity index is 2480. The lowest BCUT2D eigenvalue weighted by molar-refractivity contribution is 0.377. The molecule has 1 aromatic heterocycles. The van der Waals surface area contributed by atoms with Gasteiger partial charge in [-0.05, 0) is 106 Å². The van der Waals surface area contributed by atoms with E-state index >= 15 is 0 Å². The average molecular weight is 646 g/mol. The quantitative estimate of drug-likeness (QED) is 0.185. The van der Waals surface area contributed by atoms with Gasteiger partial charge in [-0.2, -0.15) is 0 Å². The highest BCUT2D eigenvalue weighted by atomic mass is 16.3. The normalized spacial score (nSPS) is 21.3. The molecule has 2 heteroatoms. The Labute approximate surface area is 293 Å². The van der Waals surface area contributed by atoms with E-state index < -0.39 is 0 Å². The number of furan rings is 1. The van der Waals surface area contributed by atoms with Gasteiger partial charge in [0.05, 0.1) is 11.7 Å². The molecule has 3 unspecified atom stereocenters. The molecule has 6 aromatic rings. The molecule has 0 aliphatic heterocycles. The van der Waals surface area contributed by atoms with E-state index in [-0.39, 0.29) is 6.04 Å². The maximum Gasteiger partial charge on any atom is 0.159 e. The van der Waals surface area contributed by atoms with E-state index in [0.717, 1.165) is 35.1 Å². The van der Waals surface area contributed by atoms with Gasteiger partial charge in [-0.1, -0.05) is 140 Å². The van der Waals surface area contributed by atoms with Crippen molar-refractivity contribution < 1.29 is 4.42 Å². The van der Waals surface area contributed by atoms with Crippen molar-refractivity contribution in [1.82, 2.24) is 0 Å². The number of para-hydroxylation sites is 1. The lowest BCUT2D eigenvalue weighted by atomic mass is 9.68. The number of allylic oxidation sites excluding steroid dienone is 9. The zero-order valence-electron chi connectivity index (χ0n) is 28.1. The second kappa shape index (κ2) is 12.1. The molecule has 0 saturated heterocycles. The summed E-state index contributed by atoms with van der Waals surface area (Å²) in [5, 5.41) is 4.90. The number of benzene rings is 5. The van der Waals surface area contributed by atoms with Crippen LogP contribution in [0, 0.1) is 11.8 Å². The van der Waals surface area contributed by atoms with Crippen molar-refractivity contribution in [3.05, 3.63) is 180 Å². The molecular formula is C48H39NO. The third-order valence-corrected chi connectivity index (χ3v) is 11.4. The molecular weight excluding hydrogens is 607 g/mol. The monoisotopic (exact) mass is 645 g/mol. The van der Waals surface area contributed by atoms with Gasteiger partial charge in [0.1, 0.15) is 5.58 Å². The minimum atomic E-state index is 0.0980. The summed E-state index contributed by atoms with van der Waals surface area (Å²) in [5.74, 6) is 1.12. The van der Waals surface area contributed by atoms with Crippen LogP contribution in [0.25, 0.3) is 49.4 Å². The highest BCUT2D eigenvalue weighted by Gasteiger charge is 2.37. The van der Waals surface area contributed by atoms with Crippen molar-refractivity contribution in [2.45, 2.75) is 38.1 Å². The van der Waals surface area contributed by atoms with Crippen molar-refractivity contribution in [2.75, 3.05) is 4.90 Å². The van der Waals surface area contributed by atoms with Crippen LogP contribution in [-0.4, -0.2) is 6.04 Å². The highest BCUT2D eigenvalue weighted by Crippen LogP contribution is 2.49. The summed E-state index contributed by atoms with van der Waals surface area (Å²) in [6.07, 6.45) is 25.0. The molecule has 242 valence electrons. The molecule has 0 radical (unpaired) electrons. The van der Waals surface area contributed by atoms with Crippen LogP contribution in [0.2, 0.25) is 0 Å². The molecule has 0 bridgehead atoms. The second-order valence-electron chi connectivity index (χ2n) is 14.2. The molecule has 5 aromatic carbocycles. The van der Waals surface area contributed by atoms with E-state index in [1.165, 1.54) is 74.5 Å². The molecule has 4 aliphatic rings. The minimum absolute atomic E-state index is 0.0980. The molecule has 1 heterocycles. The summed E-state index contributed by atoms with van der Waals surface area (Å²) < 4.78 is 6.96. The molecule has 0 spiro atoms. The molecule has 4 aliphatic carbocycles. The van der Waals surface area contributed by atoms with Crippen LogP contribution < -0.4 is 4.90 Å². The first-order chi connectivity index (χ1) is 24.8. The number of nitrogens with zero attached hydrogens (tertiary/aromatic N) is 1. The maximum absolute atomic E-state index is 6.96. The van der Waals surface area contributed by atoms with Crippen molar-refractivity contribution in [3.63, 3.8) is 0 Å². The zero-order chi connectivity index (χ0) is 33.0. The van der Waals surface area contributed by atoms with E-state index in [4.69, 9.17) is 4.42 Å². The van der Waals surface area contributed by atoms with E-state index in [1.807, 2.05) is 0 Å². The van der Waals surface area contributed by atoms with E-state index in [9.17, 15) is 0 Å². The Balaban J connectivity index is 1.22. The molecule has 50 heavy (non-hydrogen) atoms. The number of hydrogen-bond acceptors (Lipinski definition) is 2.